The largest absolute Gasteiger partial charge is 0.454 e. The number of carbonyl (C=O) groups is 1. The van der Waals surface area contributed by atoms with Crippen molar-refractivity contribution in [2.45, 2.75) is 39.0 Å². The van der Waals surface area contributed by atoms with Crippen LogP contribution in [0.5, 0.6) is 11.5 Å². The molecular weight excluding hydrogens is 316 g/mol. The first-order chi connectivity index (χ1) is 11.9. The van der Waals surface area contributed by atoms with Gasteiger partial charge < -0.3 is 20.5 Å². The summed E-state index contributed by atoms with van der Waals surface area (Å²) in [7, 11) is 0. The smallest absolute Gasteiger partial charge is 0.231 e. The van der Waals surface area contributed by atoms with Crippen LogP contribution in [0.2, 0.25) is 0 Å². The van der Waals surface area contributed by atoms with Crippen molar-refractivity contribution in [3.63, 3.8) is 0 Å². The third-order valence-corrected chi connectivity index (χ3v) is 4.48. The number of hydrogen-bond donors (Lipinski definition) is 2. The van der Waals surface area contributed by atoms with Crippen LogP contribution in [0, 0.1) is 0 Å². The van der Waals surface area contributed by atoms with Gasteiger partial charge in [0.25, 0.3) is 0 Å². The molecule has 1 amide bonds. The number of hydrogen-bond acceptors (Lipinski definition) is 4. The number of rotatable bonds is 5. The van der Waals surface area contributed by atoms with E-state index >= 15 is 0 Å². The lowest BCUT2D eigenvalue weighted by atomic mass is 9.94. The number of benzene rings is 2. The van der Waals surface area contributed by atoms with Crippen LogP contribution in [0.25, 0.3) is 0 Å². The fourth-order valence-electron chi connectivity index (χ4n) is 2.87. The summed E-state index contributed by atoms with van der Waals surface area (Å²) in [5.41, 5.74) is 9.45. The summed E-state index contributed by atoms with van der Waals surface area (Å²) in [6, 6.07) is 11.8. The Morgan fingerprint density at radius 3 is 2.32 bits per heavy atom. The van der Waals surface area contributed by atoms with Gasteiger partial charge in [-0.15, -0.1) is 0 Å². The molecule has 25 heavy (non-hydrogen) atoms. The predicted octanol–water partition coefficient (Wildman–Crippen LogP) is 4.25. The molecule has 3 rings (SSSR count). The lowest BCUT2D eigenvalue weighted by Gasteiger charge is -2.14. The zero-order valence-corrected chi connectivity index (χ0v) is 14.8. The summed E-state index contributed by atoms with van der Waals surface area (Å²) >= 11 is 0. The lowest BCUT2D eigenvalue weighted by molar-refractivity contribution is -0.116. The lowest BCUT2D eigenvalue weighted by Crippen LogP contribution is -2.15. The van der Waals surface area contributed by atoms with E-state index in [4.69, 9.17) is 15.2 Å². The molecule has 0 aromatic heterocycles. The van der Waals surface area contributed by atoms with Crippen LogP contribution in [0.3, 0.4) is 0 Å². The first-order valence-electron chi connectivity index (χ1n) is 8.53. The van der Waals surface area contributed by atoms with Gasteiger partial charge in [0.2, 0.25) is 12.7 Å². The molecule has 2 aromatic carbocycles. The Kier molecular flexibility index (Phi) is 4.83. The van der Waals surface area contributed by atoms with Gasteiger partial charge in [0.1, 0.15) is 0 Å². The van der Waals surface area contributed by atoms with Crippen molar-refractivity contribution in [1.82, 2.24) is 0 Å². The minimum atomic E-state index is -0.0778. The molecule has 5 heteroatoms. The highest BCUT2D eigenvalue weighted by Gasteiger charge is 2.18. The molecule has 0 aliphatic carbocycles. The minimum absolute atomic E-state index is 0.0778. The molecule has 2 aromatic rings. The predicted molar refractivity (Wildman–Crippen MR) is 99.2 cm³/mol. The molecule has 0 bridgehead atoms. The molecule has 0 fully saturated rings. The van der Waals surface area contributed by atoms with Crippen molar-refractivity contribution in [2.75, 3.05) is 17.8 Å². The second-order valence-electron chi connectivity index (χ2n) is 6.77. The minimum Gasteiger partial charge on any atom is -0.454 e. The van der Waals surface area contributed by atoms with E-state index in [2.05, 4.69) is 43.4 Å². The highest BCUT2D eigenvalue weighted by atomic mass is 16.7. The number of amides is 1. The molecule has 1 heterocycles. The van der Waals surface area contributed by atoms with Crippen LogP contribution < -0.4 is 20.5 Å². The molecular formula is C20H24N2O3. The number of fused-ring (bicyclic) bond motifs is 1. The van der Waals surface area contributed by atoms with Gasteiger partial charge in [-0.1, -0.05) is 45.0 Å². The summed E-state index contributed by atoms with van der Waals surface area (Å²) in [5.74, 6) is 1.75. The first kappa shape index (κ1) is 17.1. The van der Waals surface area contributed by atoms with Crippen molar-refractivity contribution >= 4 is 17.3 Å². The van der Waals surface area contributed by atoms with E-state index in [0.717, 1.165) is 5.56 Å². The van der Waals surface area contributed by atoms with Gasteiger partial charge in [0.15, 0.2) is 11.5 Å². The zero-order valence-electron chi connectivity index (χ0n) is 14.8. The Hall–Kier alpha value is -2.69. The third kappa shape index (κ3) is 3.87. The van der Waals surface area contributed by atoms with E-state index < -0.39 is 0 Å². The Balaban J connectivity index is 1.64. The summed E-state index contributed by atoms with van der Waals surface area (Å²) in [6.07, 6.45) is 0.384. The number of anilines is 2. The maximum Gasteiger partial charge on any atom is 0.231 e. The maximum absolute atomic E-state index is 12.4. The number of carbonyl (C=O) groups excluding carboxylic acids is 1. The molecule has 0 saturated carbocycles. The monoisotopic (exact) mass is 340 g/mol. The Bertz CT molecular complexity index is 769. The van der Waals surface area contributed by atoms with E-state index in [-0.39, 0.29) is 18.6 Å². The van der Waals surface area contributed by atoms with Crippen LogP contribution in [-0.2, 0) is 4.79 Å². The topological polar surface area (TPSA) is 73.6 Å². The van der Waals surface area contributed by atoms with E-state index in [9.17, 15) is 4.79 Å². The van der Waals surface area contributed by atoms with Gasteiger partial charge in [-0.2, -0.15) is 0 Å². The second-order valence-corrected chi connectivity index (χ2v) is 6.77. The molecule has 0 radical (unpaired) electrons. The summed E-state index contributed by atoms with van der Waals surface area (Å²) in [4.78, 5) is 12.4. The molecule has 0 saturated heterocycles. The van der Waals surface area contributed by atoms with Crippen molar-refractivity contribution in [3.8, 4) is 11.5 Å². The van der Waals surface area contributed by atoms with Crippen molar-refractivity contribution < 1.29 is 14.3 Å². The van der Waals surface area contributed by atoms with Crippen LogP contribution in [0.15, 0.2) is 36.4 Å². The SMILES string of the molecule is CC(C)c1ccc(C(C)CC(=O)Nc2cc3c(cc2N)OCO3)cc1. The van der Waals surface area contributed by atoms with Crippen LogP contribution in [0.4, 0.5) is 11.4 Å². The average molecular weight is 340 g/mol. The van der Waals surface area contributed by atoms with Crippen molar-refractivity contribution in [1.29, 1.82) is 0 Å². The number of nitrogens with two attached hydrogens (primary N) is 1. The molecule has 5 nitrogen and oxygen atoms in total. The van der Waals surface area contributed by atoms with E-state index in [0.29, 0.717) is 35.2 Å². The van der Waals surface area contributed by atoms with Crippen LogP contribution >= 0.6 is 0 Å². The first-order valence-corrected chi connectivity index (χ1v) is 8.53. The molecule has 0 spiro atoms. The van der Waals surface area contributed by atoms with Gasteiger partial charge >= 0.3 is 0 Å². The Morgan fingerprint density at radius 1 is 1.08 bits per heavy atom. The quantitative estimate of drug-likeness (QED) is 0.798. The molecule has 1 aliphatic rings. The van der Waals surface area contributed by atoms with Gasteiger partial charge in [-0.3, -0.25) is 4.79 Å². The fourth-order valence-corrected chi connectivity index (χ4v) is 2.87. The third-order valence-electron chi connectivity index (χ3n) is 4.48. The number of nitrogen functional groups attached to an aromatic ring is 1. The molecule has 1 atom stereocenters. The van der Waals surface area contributed by atoms with Crippen LogP contribution in [0.1, 0.15) is 50.2 Å². The normalized spacial score (nSPS) is 13.8. The van der Waals surface area contributed by atoms with Crippen molar-refractivity contribution in [3.05, 3.63) is 47.5 Å². The second kappa shape index (κ2) is 7.05. The standard InChI is InChI=1S/C20H24N2O3/c1-12(2)14-4-6-15(7-5-14)13(3)8-20(23)22-17-10-19-18(9-16(17)21)24-11-25-19/h4-7,9-10,12-13H,8,11,21H2,1-3H3,(H,22,23). The maximum atomic E-state index is 12.4. The van der Waals surface area contributed by atoms with E-state index in [1.807, 2.05) is 6.92 Å². The molecule has 1 unspecified atom stereocenters. The van der Waals surface area contributed by atoms with Gasteiger partial charge in [0.05, 0.1) is 11.4 Å². The molecule has 3 N–H and O–H groups in total. The highest BCUT2D eigenvalue weighted by Crippen LogP contribution is 2.38. The van der Waals surface area contributed by atoms with Gasteiger partial charge in [0, 0.05) is 18.6 Å². The summed E-state index contributed by atoms with van der Waals surface area (Å²) in [5, 5.41) is 2.87. The summed E-state index contributed by atoms with van der Waals surface area (Å²) in [6.45, 7) is 6.56. The Labute approximate surface area is 148 Å². The molecule has 132 valence electrons. The highest BCUT2D eigenvalue weighted by molar-refractivity contribution is 5.95. The van der Waals surface area contributed by atoms with Crippen molar-refractivity contribution in [2.24, 2.45) is 0 Å². The number of nitrogens with one attached hydrogen (secondary N) is 1. The van der Waals surface area contributed by atoms with E-state index in [1.54, 1.807) is 12.1 Å². The van der Waals surface area contributed by atoms with Gasteiger partial charge in [-0.05, 0) is 23.0 Å². The van der Waals surface area contributed by atoms with Gasteiger partial charge in [-0.25, -0.2) is 0 Å². The van der Waals surface area contributed by atoms with Crippen LogP contribution in [-0.4, -0.2) is 12.7 Å². The summed E-state index contributed by atoms with van der Waals surface area (Å²) < 4.78 is 10.6. The number of ether oxygens (including phenoxy) is 2. The zero-order chi connectivity index (χ0) is 18.0. The fraction of sp³-hybridized carbons (Fsp3) is 0.350. The Morgan fingerprint density at radius 2 is 1.68 bits per heavy atom. The van der Waals surface area contributed by atoms with E-state index in [1.165, 1.54) is 5.56 Å². The average Bonchev–Trinajstić information content (AvgIpc) is 3.02. The molecule has 1 aliphatic heterocycles.